The fourth-order valence-corrected chi connectivity index (χ4v) is 4.95. The highest BCUT2D eigenvalue weighted by Crippen LogP contribution is 2.49. The van der Waals surface area contributed by atoms with Crippen LogP contribution >= 0.6 is 15.9 Å². The minimum absolute atomic E-state index is 0.0957. The number of amides is 1. The van der Waals surface area contributed by atoms with E-state index in [4.69, 9.17) is 0 Å². The molecule has 4 nitrogen and oxygen atoms in total. The SMILES string of the molecule is CC(C)N1C(=O)[C@]2(NCCc3c2[nH]c2ccccc32)c2cc(Br)ccc21. The third-order valence-electron chi connectivity index (χ3n) is 5.63. The number of anilines is 1. The van der Waals surface area contributed by atoms with Crippen molar-refractivity contribution in [2.75, 3.05) is 11.4 Å². The maximum absolute atomic E-state index is 13.8. The summed E-state index contributed by atoms with van der Waals surface area (Å²) >= 11 is 3.60. The van der Waals surface area contributed by atoms with Crippen molar-refractivity contribution in [1.29, 1.82) is 0 Å². The van der Waals surface area contributed by atoms with Crippen molar-refractivity contribution in [3.8, 4) is 0 Å². The summed E-state index contributed by atoms with van der Waals surface area (Å²) in [4.78, 5) is 19.3. The van der Waals surface area contributed by atoms with E-state index in [9.17, 15) is 4.79 Å². The fourth-order valence-electron chi connectivity index (χ4n) is 4.59. The van der Waals surface area contributed by atoms with Gasteiger partial charge in [0.05, 0.1) is 11.4 Å². The molecule has 5 rings (SSSR count). The number of fused-ring (bicyclic) bond motifs is 6. The minimum Gasteiger partial charge on any atom is -0.356 e. The number of carbonyl (C=O) groups excluding carboxylic acids is 1. The molecule has 2 aliphatic heterocycles. The molecule has 0 bridgehead atoms. The summed E-state index contributed by atoms with van der Waals surface area (Å²) in [6, 6.07) is 14.6. The number of nitrogens with zero attached hydrogens (tertiary/aromatic N) is 1. The van der Waals surface area contributed by atoms with Crippen LogP contribution in [0, 0.1) is 0 Å². The zero-order valence-electron chi connectivity index (χ0n) is 14.8. The molecule has 5 heteroatoms. The molecule has 3 heterocycles. The quantitative estimate of drug-likeness (QED) is 0.636. The first-order valence-electron chi connectivity index (χ1n) is 9.03. The lowest BCUT2D eigenvalue weighted by Gasteiger charge is -2.34. The molecule has 3 aromatic rings. The molecule has 26 heavy (non-hydrogen) atoms. The van der Waals surface area contributed by atoms with Gasteiger partial charge in [-0.2, -0.15) is 0 Å². The Labute approximate surface area is 160 Å². The maximum Gasteiger partial charge on any atom is 0.258 e. The fraction of sp³-hybridized carbons (Fsp3) is 0.286. The van der Waals surface area contributed by atoms with E-state index in [1.807, 2.05) is 23.1 Å². The number of halogens is 1. The number of aromatic amines is 1. The number of para-hydroxylation sites is 1. The molecule has 132 valence electrons. The predicted octanol–water partition coefficient (Wildman–Crippen LogP) is 4.07. The van der Waals surface area contributed by atoms with E-state index >= 15 is 0 Å². The van der Waals surface area contributed by atoms with Crippen molar-refractivity contribution >= 4 is 38.4 Å². The van der Waals surface area contributed by atoms with Gasteiger partial charge in [0.2, 0.25) is 0 Å². The van der Waals surface area contributed by atoms with Crippen molar-refractivity contribution < 1.29 is 4.79 Å². The normalized spacial score (nSPS) is 21.7. The number of H-pyrrole nitrogens is 1. The van der Waals surface area contributed by atoms with E-state index in [2.05, 4.69) is 64.3 Å². The zero-order valence-corrected chi connectivity index (χ0v) is 16.4. The number of hydrogen-bond donors (Lipinski definition) is 2. The highest BCUT2D eigenvalue weighted by Gasteiger charge is 2.55. The van der Waals surface area contributed by atoms with Gasteiger partial charge in [-0.15, -0.1) is 0 Å². The molecule has 0 radical (unpaired) electrons. The van der Waals surface area contributed by atoms with Crippen molar-refractivity contribution in [2.45, 2.75) is 31.8 Å². The highest BCUT2D eigenvalue weighted by molar-refractivity contribution is 9.10. The summed E-state index contributed by atoms with van der Waals surface area (Å²) in [7, 11) is 0. The van der Waals surface area contributed by atoms with Crippen molar-refractivity contribution in [2.24, 2.45) is 0 Å². The van der Waals surface area contributed by atoms with E-state index in [1.54, 1.807) is 0 Å². The minimum atomic E-state index is -0.837. The van der Waals surface area contributed by atoms with Gasteiger partial charge in [-0.25, -0.2) is 0 Å². The van der Waals surface area contributed by atoms with Gasteiger partial charge in [0.1, 0.15) is 0 Å². The van der Waals surface area contributed by atoms with Crippen LogP contribution in [0.5, 0.6) is 0 Å². The molecule has 0 saturated heterocycles. The number of rotatable bonds is 1. The van der Waals surface area contributed by atoms with Gasteiger partial charge < -0.3 is 9.88 Å². The van der Waals surface area contributed by atoms with Crippen LogP contribution in [0.25, 0.3) is 10.9 Å². The summed E-state index contributed by atoms with van der Waals surface area (Å²) in [6.07, 6.45) is 0.916. The van der Waals surface area contributed by atoms with Crippen LogP contribution in [-0.2, 0) is 16.8 Å². The van der Waals surface area contributed by atoms with Crippen LogP contribution in [0.4, 0.5) is 5.69 Å². The van der Waals surface area contributed by atoms with Gasteiger partial charge in [-0.3, -0.25) is 10.1 Å². The lowest BCUT2D eigenvalue weighted by Crippen LogP contribution is -2.56. The van der Waals surface area contributed by atoms with Crippen LogP contribution in [0.1, 0.15) is 30.7 Å². The zero-order chi connectivity index (χ0) is 18.1. The molecule has 1 amide bonds. The first-order valence-corrected chi connectivity index (χ1v) is 9.82. The maximum atomic E-state index is 13.8. The van der Waals surface area contributed by atoms with Crippen LogP contribution in [0.3, 0.4) is 0 Å². The topological polar surface area (TPSA) is 48.1 Å². The van der Waals surface area contributed by atoms with E-state index in [0.29, 0.717) is 0 Å². The molecule has 2 aliphatic rings. The van der Waals surface area contributed by atoms with Crippen molar-refractivity contribution in [1.82, 2.24) is 10.3 Å². The molecule has 1 atom stereocenters. The molecule has 2 N–H and O–H groups in total. The lowest BCUT2D eigenvalue weighted by atomic mass is 9.82. The second-order valence-corrected chi connectivity index (χ2v) is 8.30. The molecule has 0 saturated carbocycles. The molecule has 1 spiro atoms. The average Bonchev–Trinajstić information content (AvgIpc) is 3.11. The predicted molar refractivity (Wildman–Crippen MR) is 108 cm³/mol. The molecule has 0 aliphatic carbocycles. The molecule has 0 unspecified atom stereocenters. The smallest absolute Gasteiger partial charge is 0.258 e. The van der Waals surface area contributed by atoms with Crippen molar-refractivity contribution in [3.05, 3.63) is 63.8 Å². The Balaban J connectivity index is 1.86. The Bertz CT molecular complexity index is 1050. The van der Waals surface area contributed by atoms with E-state index in [-0.39, 0.29) is 11.9 Å². The standard InChI is InChI=1S/C21H20BrN3O/c1-12(2)25-18-8-7-13(22)11-16(18)21(20(25)26)19-15(9-10-23-21)14-5-3-4-6-17(14)24-19/h3-8,11-12,23-24H,9-10H2,1-2H3/t21-/m0/s1. The van der Waals surface area contributed by atoms with Gasteiger partial charge in [0, 0.05) is 33.5 Å². The monoisotopic (exact) mass is 409 g/mol. The Morgan fingerprint density at radius 2 is 2.00 bits per heavy atom. The van der Waals surface area contributed by atoms with Crippen LogP contribution in [-0.4, -0.2) is 23.5 Å². The Hall–Kier alpha value is -2.11. The third-order valence-corrected chi connectivity index (χ3v) is 6.13. The second-order valence-electron chi connectivity index (χ2n) is 7.38. The summed E-state index contributed by atoms with van der Waals surface area (Å²) in [5.41, 5.74) is 4.52. The Morgan fingerprint density at radius 3 is 2.81 bits per heavy atom. The summed E-state index contributed by atoms with van der Waals surface area (Å²) in [5, 5.41) is 4.80. The third kappa shape index (κ3) is 1.90. The van der Waals surface area contributed by atoms with Gasteiger partial charge in [0.15, 0.2) is 5.54 Å². The number of carbonyl (C=O) groups is 1. The van der Waals surface area contributed by atoms with Gasteiger partial charge in [-0.1, -0.05) is 34.1 Å². The first-order chi connectivity index (χ1) is 12.5. The van der Waals surface area contributed by atoms with E-state index < -0.39 is 5.54 Å². The largest absolute Gasteiger partial charge is 0.356 e. The molecular weight excluding hydrogens is 390 g/mol. The number of hydrogen-bond acceptors (Lipinski definition) is 2. The Kier molecular flexibility index (Phi) is 3.37. The van der Waals surface area contributed by atoms with Crippen LogP contribution in [0.15, 0.2) is 46.9 Å². The number of nitrogens with one attached hydrogen (secondary N) is 2. The Morgan fingerprint density at radius 1 is 1.19 bits per heavy atom. The summed E-state index contributed by atoms with van der Waals surface area (Å²) in [5.74, 6) is 0.105. The highest BCUT2D eigenvalue weighted by atomic mass is 79.9. The summed E-state index contributed by atoms with van der Waals surface area (Å²) in [6.45, 7) is 4.91. The summed E-state index contributed by atoms with van der Waals surface area (Å²) < 4.78 is 0.985. The van der Waals surface area contributed by atoms with E-state index in [1.165, 1.54) is 10.9 Å². The van der Waals surface area contributed by atoms with Gasteiger partial charge in [0.25, 0.3) is 5.91 Å². The second kappa shape index (κ2) is 5.44. The number of benzene rings is 2. The molecular formula is C21H20BrN3O. The molecule has 2 aromatic carbocycles. The molecule has 0 fully saturated rings. The van der Waals surface area contributed by atoms with E-state index in [0.717, 1.165) is 39.9 Å². The van der Waals surface area contributed by atoms with Crippen molar-refractivity contribution in [3.63, 3.8) is 0 Å². The first kappa shape index (κ1) is 16.1. The van der Waals surface area contributed by atoms with Crippen LogP contribution in [0.2, 0.25) is 0 Å². The van der Waals surface area contributed by atoms with Crippen LogP contribution < -0.4 is 10.2 Å². The number of aromatic nitrogens is 1. The van der Waals surface area contributed by atoms with Gasteiger partial charge >= 0.3 is 0 Å². The lowest BCUT2D eigenvalue weighted by molar-refractivity contribution is -0.123. The molecule has 1 aromatic heterocycles. The average molecular weight is 410 g/mol. The van der Waals surface area contributed by atoms with Gasteiger partial charge in [-0.05, 0) is 50.1 Å².